The summed E-state index contributed by atoms with van der Waals surface area (Å²) in [4.78, 5) is 25.8. The average molecular weight is 303 g/mol. The van der Waals surface area contributed by atoms with Gasteiger partial charge in [0.2, 0.25) is 5.91 Å². The molecule has 22 heavy (non-hydrogen) atoms. The summed E-state index contributed by atoms with van der Waals surface area (Å²) < 4.78 is 0. The first kappa shape index (κ1) is 15.0. The van der Waals surface area contributed by atoms with Crippen LogP contribution in [0.25, 0.3) is 0 Å². The van der Waals surface area contributed by atoms with Crippen LogP contribution in [-0.2, 0) is 9.59 Å². The monoisotopic (exact) mass is 303 g/mol. The largest absolute Gasteiger partial charge is 0.481 e. The van der Waals surface area contributed by atoms with Crippen LogP contribution in [0.2, 0.25) is 0 Å². The van der Waals surface area contributed by atoms with Gasteiger partial charge in [0.1, 0.15) is 6.04 Å². The van der Waals surface area contributed by atoms with Gasteiger partial charge < -0.3 is 10.0 Å². The van der Waals surface area contributed by atoms with Crippen LogP contribution in [0.3, 0.4) is 0 Å². The fraction of sp³-hybridized carbons (Fsp3) is 0.500. The number of likely N-dealkylation sites (tertiary alicyclic amines) is 1. The van der Waals surface area contributed by atoms with Crippen molar-refractivity contribution in [3.8, 4) is 0 Å². The van der Waals surface area contributed by atoms with Gasteiger partial charge in [0.25, 0.3) is 0 Å². The molecule has 0 aromatic heterocycles. The van der Waals surface area contributed by atoms with Gasteiger partial charge in [0.05, 0.1) is 5.92 Å². The molecule has 3 rings (SSSR count). The Kier molecular flexibility index (Phi) is 4.13. The highest BCUT2D eigenvalue weighted by atomic mass is 16.4. The lowest BCUT2D eigenvalue weighted by atomic mass is 9.89. The molecule has 0 saturated carbocycles. The van der Waals surface area contributed by atoms with Crippen molar-refractivity contribution in [2.45, 2.75) is 31.3 Å². The zero-order valence-corrected chi connectivity index (χ0v) is 12.5. The van der Waals surface area contributed by atoms with Crippen LogP contribution in [0.4, 0.5) is 0 Å². The van der Waals surface area contributed by atoms with Crippen molar-refractivity contribution in [1.82, 2.24) is 15.8 Å². The number of amides is 1. The number of nitrogens with zero attached hydrogens (tertiary/aromatic N) is 1. The lowest BCUT2D eigenvalue weighted by Gasteiger charge is -2.20. The Morgan fingerprint density at radius 3 is 2.50 bits per heavy atom. The molecule has 0 spiro atoms. The lowest BCUT2D eigenvalue weighted by Crippen LogP contribution is -2.45. The van der Waals surface area contributed by atoms with Crippen molar-refractivity contribution in [2.24, 2.45) is 5.92 Å². The van der Waals surface area contributed by atoms with E-state index in [0.29, 0.717) is 6.54 Å². The van der Waals surface area contributed by atoms with Gasteiger partial charge in [-0.05, 0) is 18.9 Å². The number of carboxylic acid groups (broad SMARTS) is 1. The van der Waals surface area contributed by atoms with Gasteiger partial charge in [-0.25, -0.2) is 5.43 Å². The second kappa shape index (κ2) is 6.06. The molecule has 6 nitrogen and oxygen atoms in total. The third kappa shape index (κ3) is 2.84. The number of rotatable bonds is 3. The number of carboxylic acids is 1. The molecular formula is C16H21N3O3. The Hall–Kier alpha value is -1.92. The van der Waals surface area contributed by atoms with E-state index < -0.39 is 11.9 Å². The Bertz CT molecular complexity index is 563. The Morgan fingerprint density at radius 2 is 1.91 bits per heavy atom. The number of aliphatic carboxylic acids is 1. The second-order valence-corrected chi connectivity index (χ2v) is 6.18. The number of nitrogens with one attached hydrogen (secondary N) is 2. The number of hydrazine groups is 1. The molecular weight excluding hydrogens is 282 g/mol. The van der Waals surface area contributed by atoms with Crippen molar-refractivity contribution in [1.29, 1.82) is 0 Å². The van der Waals surface area contributed by atoms with Crippen molar-refractivity contribution in [2.75, 3.05) is 13.1 Å². The summed E-state index contributed by atoms with van der Waals surface area (Å²) in [7, 11) is 0. The average Bonchev–Trinajstić information content (AvgIpc) is 3.14. The molecule has 3 N–H and O–H groups in total. The van der Waals surface area contributed by atoms with Gasteiger partial charge >= 0.3 is 5.97 Å². The molecule has 0 radical (unpaired) electrons. The topological polar surface area (TPSA) is 81.7 Å². The minimum Gasteiger partial charge on any atom is -0.481 e. The minimum absolute atomic E-state index is 0.0125. The molecule has 6 heteroatoms. The second-order valence-electron chi connectivity index (χ2n) is 6.18. The highest BCUT2D eigenvalue weighted by molar-refractivity contribution is 5.84. The molecule has 1 aromatic rings. The highest BCUT2D eigenvalue weighted by Crippen LogP contribution is 2.33. The van der Waals surface area contributed by atoms with Crippen LogP contribution in [0.15, 0.2) is 30.3 Å². The molecule has 2 fully saturated rings. The van der Waals surface area contributed by atoms with E-state index in [-0.39, 0.29) is 30.5 Å². The molecule has 118 valence electrons. The molecule has 0 bridgehead atoms. The molecule has 2 unspecified atom stereocenters. The Morgan fingerprint density at radius 1 is 1.18 bits per heavy atom. The lowest BCUT2D eigenvalue weighted by molar-refractivity contribution is -0.142. The molecule has 1 amide bonds. The normalized spacial score (nSPS) is 31.4. The predicted molar refractivity (Wildman–Crippen MR) is 81.0 cm³/mol. The van der Waals surface area contributed by atoms with Crippen molar-refractivity contribution < 1.29 is 14.7 Å². The zero-order valence-electron chi connectivity index (χ0n) is 12.5. The zero-order chi connectivity index (χ0) is 15.7. The molecule has 1 aromatic carbocycles. The van der Waals surface area contributed by atoms with Crippen LogP contribution in [0.5, 0.6) is 0 Å². The van der Waals surface area contributed by atoms with Crippen LogP contribution >= 0.6 is 0 Å². The van der Waals surface area contributed by atoms with E-state index in [2.05, 4.69) is 10.9 Å². The summed E-state index contributed by atoms with van der Waals surface area (Å²) >= 11 is 0. The van der Waals surface area contributed by atoms with Crippen LogP contribution in [0, 0.1) is 5.92 Å². The summed E-state index contributed by atoms with van der Waals surface area (Å²) in [6, 6.07) is 9.58. The maximum absolute atomic E-state index is 12.6. The maximum Gasteiger partial charge on any atom is 0.308 e. The standard InChI is InChI=1S/C16H21N3O3/c1-10-7-14(18-17-10)15(20)19-8-12(13(9-19)16(21)22)11-5-3-2-4-6-11/h2-6,10,12-14,17-18H,7-9H2,1H3,(H,21,22)/t10?,12-,13+,14?/m1/s1. The van der Waals surface area contributed by atoms with Crippen molar-refractivity contribution >= 4 is 11.9 Å². The number of carbonyl (C=O) groups excluding carboxylic acids is 1. The summed E-state index contributed by atoms with van der Waals surface area (Å²) in [6.45, 7) is 2.75. The third-order valence-corrected chi connectivity index (χ3v) is 4.57. The molecule has 2 aliphatic rings. The fourth-order valence-corrected chi connectivity index (χ4v) is 3.37. The summed E-state index contributed by atoms with van der Waals surface area (Å²) in [5.74, 6) is -1.54. The van der Waals surface area contributed by atoms with E-state index in [1.165, 1.54) is 0 Å². The molecule has 0 aliphatic carbocycles. The van der Waals surface area contributed by atoms with Gasteiger partial charge in [-0.3, -0.25) is 15.0 Å². The molecule has 2 aliphatic heterocycles. The van der Waals surface area contributed by atoms with Gasteiger partial charge in [0.15, 0.2) is 0 Å². The maximum atomic E-state index is 12.6. The summed E-state index contributed by atoms with van der Waals surface area (Å²) in [5.41, 5.74) is 7.01. The van der Waals surface area contributed by atoms with Crippen LogP contribution < -0.4 is 10.9 Å². The smallest absolute Gasteiger partial charge is 0.308 e. The molecule has 2 saturated heterocycles. The number of hydrogen-bond donors (Lipinski definition) is 3. The Balaban J connectivity index is 1.76. The van der Waals surface area contributed by atoms with E-state index in [4.69, 9.17) is 0 Å². The van der Waals surface area contributed by atoms with E-state index in [0.717, 1.165) is 12.0 Å². The van der Waals surface area contributed by atoms with E-state index in [1.807, 2.05) is 37.3 Å². The summed E-state index contributed by atoms with van der Waals surface area (Å²) in [5, 5.41) is 9.49. The minimum atomic E-state index is -0.838. The first-order chi connectivity index (χ1) is 10.6. The number of benzene rings is 1. The van der Waals surface area contributed by atoms with E-state index >= 15 is 0 Å². The Labute approximate surface area is 129 Å². The van der Waals surface area contributed by atoms with Crippen LogP contribution in [-0.4, -0.2) is 47.1 Å². The van der Waals surface area contributed by atoms with Gasteiger partial charge in [-0.1, -0.05) is 30.3 Å². The molecule has 4 atom stereocenters. The van der Waals surface area contributed by atoms with Gasteiger partial charge in [0, 0.05) is 25.0 Å². The number of hydrogen-bond acceptors (Lipinski definition) is 4. The number of carbonyl (C=O) groups is 2. The van der Waals surface area contributed by atoms with E-state index in [9.17, 15) is 14.7 Å². The third-order valence-electron chi connectivity index (χ3n) is 4.57. The van der Waals surface area contributed by atoms with Gasteiger partial charge in [-0.2, -0.15) is 0 Å². The predicted octanol–water partition coefficient (Wildman–Crippen LogP) is 0.568. The van der Waals surface area contributed by atoms with Crippen molar-refractivity contribution in [3.05, 3.63) is 35.9 Å². The quantitative estimate of drug-likeness (QED) is 0.760. The van der Waals surface area contributed by atoms with E-state index in [1.54, 1.807) is 4.90 Å². The fourth-order valence-electron chi connectivity index (χ4n) is 3.37. The highest BCUT2D eigenvalue weighted by Gasteiger charge is 2.42. The molecule has 2 heterocycles. The summed E-state index contributed by atoms with van der Waals surface area (Å²) in [6.07, 6.45) is 0.725. The van der Waals surface area contributed by atoms with Gasteiger partial charge in [-0.15, -0.1) is 0 Å². The van der Waals surface area contributed by atoms with Crippen LogP contribution in [0.1, 0.15) is 24.8 Å². The SMILES string of the molecule is CC1CC(C(=O)N2C[C@H](C(=O)O)[C@@H](c3ccccc3)C2)NN1. The van der Waals surface area contributed by atoms with Crippen molar-refractivity contribution in [3.63, 3.8) is 0 Å². The first-order valence-electron chi connectivity index (χ1n) is 7.64. The first-order valence-corrected chi connectivity index (χ1v) is 7.64.